The first-order valence-electron chi connectivity index (χ1n) is 11.2. The molecule has 0 aliphatic rings. The Bertz CT molecular complexity index is 1360. The minimum absolute atomic E-state index is 0.0269. The minimum atomic E-state index is -0.126. The van der Waals surface area contributed by atoms with Crippen LogP contribution in [0, 0.1) is 0 Å². The van der Waals surface area contributed by atoms with Crippen LogP contribution in [0.25, 0.3) is 11.4 Å². The largest absolute Gasteiger partial charge is 0.491 e. The van der Waals surface area contributed by atoms with E-state index in [1.54, 1.807) is 39.8 Å². The molecule has 0 unspecified atom stereocenters. The van der Waals surface area contributed by atoms with Gasteiger partial charge in [0.1, 0.15) is 11.4 Å². The Morgan fingerprint density at radius 1 is 1.17 bits per heavy atom. The van der Waals surface area contributed by atoms with E-state index in [1.165, 1.54) is 17.4 Å². The van der Waals surface area contributed by atoms with E-state index in [0.717, 1.165) is 13.0 Å². The lowest BCUT2D eigenvalue weighted by atomic mass is 10.1. The van der Waals surface area contributed by atoms with Crippen LogP contribution in [0.15, 0.2) is 65.7 Å². The van der Waals surface area contributed by atoms with E-state index in [0.29, 0.717) is 51.5 Å². The third kappa shape index (κ3) is 6.45. The Morgan fingerprint density at radius 3 is 2.77 bits per heavy atom. The summed E-state index contributed by atoms with van der Waals surface area (Å²) in [5.74, 6) is 0.622. The van der Waals surface area contributed by atoms with Crippen molar-refractivity contribution >= 4 is 28.7 Å². The molecule has 8 nitrogen and oxygen atoms in total. The molecule has 0 spiro atoms. The Kier molecular flexibility index (Phi) is 8.12. The van der Waals surface area contributed by atoms with Gasteiger partial charge in [-0.1, -0.05) is 22.9 Å². The summed E-state index contributed by atoms with van der Waals surface area (Å²) >= 11 is 7.21. The van der Waals surface area contributed by atoms with Gasteiger partial charge in [-0.05, 0) is 50.8 Å². The van der Waals surface area contributed by atoms with Gasteiger partial charge in [-0.25, -0.2) is 4.68 Å². The van der Waals surface area contributed by atoms with Crippen molar-refractivity contribution in [2.45, 2.75) is 19.3 Å². The quantitative estimate of drug-likeness (QED) is 0.221. The number of rotatable bonds is 11. The molecule has 3 heterocycles. The van der Waals surface area contributed by atoms with Gasteiger partial charge in [-0.15, -0.1) is 16.4 Å². The lowest BCUT2D eigenvalue weighted by Gasteiger charge is -2.15. The molecule has 0 saturated carbocycles. The van der Waals surface area contributed by atoms with E-state index in [9.17, 15) is 9.59 Å². The molecule has 0 N–H and O–H groups in total. The highest BCUT2D eigenvalue weighted by Gasteiger charge is 2.14. The van der Waals surface area contributed by atoms with Crippen LogP contribution in [0.5, 0.6) is 5.75 Å². The van der Waals surface area contributed by atoms with Crippen LogP contribution >= 0.6 is 22.9 Å². The van der Waals surface area contributed by atoms with Gasteiger partial charge in [0.05, 0.1) is 33.4 Å². The van der Waals surface area contributed by atoms with Crippen molar-refractivity contribution in [3.8, 4) is 17.1 Å². The van der Waals surface area contributed by atoms with Crippen molar-refractivity contribution < 1.29 is 9.53 Å². The van der Waals surface area contributed by atoms with Crippen molar-refractivity contribution in [3.05, 3.63) is 86.2 Å². The number of benzene rings is 1. The molecule has 0 aliphatic heterocycles. The number of halogens is 1. The number of ether oxygens (including phenoxy) is 1. The Labute approximate surface area is 212 Å². The second kappa shape index (κ2) is 11.4. The maximum absolute atomic E-state index is 12.4. The number of aromatic nitrogens is 4. The number of aryl methyl sites for hydroxylation is 1. The molecule has 0 amide bonds. The van der Waals surface area contributed by atoms with Gasteiger partial charge in [0.25, 0.3) is 5.56 Å². The summed E-state index contributed by atoms with van der Waals surface area (Å²) in [4.78, 5) is 27.5. The molecule has 0 saturated heterocycles. The highest BCUT2D eigenvalue weighted by atomic mass is 35.5. The summed E-state index contributed by atoms with van der Waals surface area (Å²) in [7, 11) is 4.03. The third-order valence-electron chi connectivity index (χ3n) is 5.30. The molecule has 4 rings (SSSR count). The minimum Gasteiger partial charge on any atom is -0.491 e. The SMILES string of the molecule is CN(C)CCCOc1cc(-n2ccccc2=O)ccc1-n1cc(CCC(=O)c2ccc(Cl)s2)nn1. The van der Waals surface area contributed by atoms with E-state index in [4.69, 9.17) is 16.3 Å². The average Bonchev–Trinajstić information content (AvgIpc) is 3.49. The summed E-state index contributed by atoms with van der Waals surface area (Å²) in [5.41, 5.74) is 1.97. The van der Waals surface area contributed by atoms with Crippen molar-refractivity contribution in [2.75, 3.05) is 27.2 Å². The van der Waals surface area contributed by atoms with Crippen LogP contribution in [-0.4, -0.2) is 57.5 Å². The van der Waals surface area contributed by atoms with Gasteiger partial charge in [0, 0.05) is 37.7 Å². The molecule has 4 aromatic rings. The molecule has 0 aliphatic carbocycles. The predicted octanol–water partition coefficient (Wildman–Crippen LogP) is 4.28. The van der Waals surface area contributed by atoms with Crippen molar-refractivity contribution in [2.24, 2.45) is 0 Å². The first-order chi connectivity index (χ1) is 16.9. The van der Waals surface area contributed by atoms with Crippen LogP contribution in [0.4, 0.5) is 0 Å². The highest BCUT2D eigenvalue weighted by Crippen LogP contribution is 2.26. The first-order valence-corrected chi connectivity index (χ1v) is 12.4. The molecule has 10 heteroatoms. The molecule has 0 fully saturated rings. The zero-order valence-corrected chi connectivity index (χ0v) is 21.1. The fourth-order valence-electron chi connectivity index (χ4n) is 3.52. The Balaban J connectivity index is 1.54. The van der Waals surface area contributed by atoms with Crippen LogP contribution in [-0.2, 0) is 6.42 Å². The van der Waals surface area contributed by atoms with Gasteiger partial charge < -0.3 is 9.64 Å². The van der Waals surface area contributed by atoms with Crippen LogP contribution < -0.4 is 10.3 Å². The Morgan fingerprint density at radius 2 is 2.03 bits per heavy atom. The van der Waals surface area contributed by atoms with Crippen LogP contribution in [0.2, 0.25) is 4.34 Å². The van der Waals surface area contributed by atoms with E-state index >= 15 is 0 Å². The fourth-order valence-corrected chi connectivity index (χ4v) is 4.53. The van der Waals surface area contributed by atoms with Gasteiger partial charge in [-0.2, -0.15) is 0 Å². The normalized spacial score (nSPS) is 11.2. The first kappa shape index (κ1) is 24.8. The second-order valence-electron chi connectivity index (χ2n) is 8.25. The van der Waals surface area contributed by atoms with Gasteiger partial charge in [0.2, 0.25) is 0 Å². The number of ketones is 1. The number of hydrogen-bond acceptors (Lipinski definition) is 7. The van der Waals surface area contributed by atoms with Crippen LogP contribution in [0.1, 0.15) is 28.2 Å². The summed E-state index contributed by atoms with van der Waals surface area (Å²) < 4.78 is 9.91. The zero-order valence-electron chi connectivity index (χ0n) is 19.6. The second-order valence-corrected chi connectivity index (χ2v) is 9.96. The van der Waals surface area contributed by atoms with E-state index in [2.05, 4.69) is 15.2 Å². The molecule has 0 bridgehead atoms. The molecule has 1 aromatic carbocycles. The van der Waals surface area contributed by atoms with Crippen molar-refractivity contribution in [1.29, 1.82) is 0 Å². The fraction of sp³-hybridized carbons (Fsp3) is 0.280. The summed E-state index contributed by atoms with van der Waals surface area (Å²) in [6, 6.07) is 14.0. The number of nitrogens with zero attached hydrogens (tertiary/aromatic N) is 5. The number of carbonyl (C=O) groups excluding carboxylic acids is 1. The molecule has 0 radical (unpaired) electrons. The van der Waals surface area contributed by atoms with E-state index < -0.39 is 0 Å². The highest BCUT2D eigenvalue weighted by molar-refractivity contribution is 7.18. The predicted molar refractivity (Wildman–Crippen MR) is 138 cm³/mol. The van der Waals surface area contributed by atoms with Crippen molar-refractivity contribution in [1.82, 2.24) is 24.5 Å². The zero-order chi connectivity index (χ0) is 24.8. The molecule has 3 aromatic heterocycles. The topological polar surface area (TPSA) is 82.2 Å². The number of hydrogen-bond donors (Lipinski definition) is 0. The third-order valence-corrected chi connectivity index (χ3v) is 6.57. The lowest BCUT2D eigenvalue weighted by Crippen LogP contribution is -2.17. The van der Waals surface area contributed by atoms with Crippen LogP contribution in [0.3, 0.4) is 0 Å². The van der Waals surface area contributed by atoms with Gasteiger partial charge >= 0.3 is 0 Å². The molecule has 182 valence electrons. The smallest absolute Gasteiger partial charge is 0.255 e. The maximum Gasteiger partial charge on any atom is 0.255 e. The number of Topliss-reactive ketones (excluding diaryl/α,β-unsaturated/α-hetero) is 1. The van der Waals surface area contributed by atoms with E-state index in [-0.39, 0.29) is 11.3 Å². The number of thiophene rings is 1. The standard InChI is InChI=1S/C25H26ClN5O3S/c1-29(2)13-5-15-34-22-16-19(30-14-4-3-6-25(30)33)8-9-20(22)31-17-18(27-28-31)7-10-21(32)23-11-12-24(26)35-23/h3-4,6,8-9,11-12,14,16-17H,5,7,10,13,15H2,1-2H3. The Hall–Kier alpha value is -3.27. The number of pyridine rings is 1. The summed E-state index contributed by atoms with van der Waals surface area (Å²) in [5, 5.41) is 8.50. The molecular weight excluding hydrogens is 486 g/mol. The van der Waals surface area contributed by atoms with Crippen molar-refractivity contribution in [3.63, 3.8) is 0 Å². The lowest BCUT2D eigenvalue weighted by molar-refractivity contribution is 0.0986. The molecule has 0 atom stereocenters. The number of carbonyl (C=O) groups is 1. The summed E-state index contributed by atoms with van der Waals surface area (Å²) in [6.07, 6.45) is 5.15. The van der Waals surface area contributed by atoms with Gasteiger partial charge in [-0.3, -0.25) is 14.2 Å². The maximum atomic E-state index is 12.4. The molecule has 35 heavy (non-hydrogen) atoms. The monoisotopic (exact) mass is 511 g/mol. The molecular formula is C25H26ClN5O3S. The average molecular weight is 512 g/mol. The van der Waals surface area contributed by atoms with Gasteiger partial charge in [0.15, 0.2) is 5.78 Å². The van der Waals surface area contributed by atoms with E-state index in [1.807, 2.05) is 38.4 Å². The summed E-state index contributed by atoms with van der Waals surface area (Å²) in [6.45, 7) is 1.40.